The molecule has 0 radical (unpaired) electrons. The number of benzene rings is 2. The molecule has 0 bridgehead atoms. The summed E-state index contributed by atoms with van der Waals surface area (Å²) in [5.41, 5.74) is 4.17. The first-order valence-corrected chi connectivity index (χ1v) is 9.26. The van der Waals surface area contributed by atoms with Crippen LogP contribution < -0.4 is 10.2 Å². The Morgan fingerprint density at radius 3 is 2.52 bits per heavy atom. The SMILES string of the molecule is Cc1cccc(C(=O)Nc2cccc(-c3ccc(N4CCCC4)nn3)c2)c1. The maximum atomic E-state index is 12.5. The van der Waals surface area contributed by atoms with E-state index in [0.717, 1.165) is 41.4 Å². The topological polar surface area (TPSA) is 58.1 Å². The van der Waals surface area contributed by atoms with Crippen LogP contribution in [0.1, 0.15) is 28.8 Å². The van der Waals surface area contributed by atoms with Crippen LogP contribution >= 0.6 is 0 Å². The average Bonchev–Trinajstić information content (AvgIpc) is 3.23. The zero-order valence-electron chi connectivity index (χ0n) is 15.4. The third-order valence-corrected chi connectivity index (χ3v) is 4.78. The second-order valence-corrected chi connectivity index (χ2v) is 6.88. The van der Waals surface area contributed by atoms with Gasteiger partial charge in [0, 0.05) is 29.9 Å². The van der Waals surface area contributed by atoms with Crippen molar-refractivity contribution in [2.75, 3.05) is 23.3 Å². The van der Waals surface area contributed by atoms with Crippen molar-refractivity contribution in [2.24, 2.45) is 0 Å². The fourth-order valence-electron chi connectivity index (χ4n) is 3.34. The molecule has 1 aliphatic heterocycles. The van der Waals surface area contributed by atoms with Gasteiger partial charge in [0.1, 0.15) is 0 Å². The number of nitrogens with one attached hydrogen (secondary N) is 1. The van der Waals surface area contributed by atoms with Crippen LogP contribution in [0.3, 0.4) is 0 Å². The van der Waals surface area contributed by atoms with Gasteiger partial charge in [0.15, 0.2) is 5.82 Å². The van der Waals surface area contributed by atoms with E-state index in [0.29, 0.717) is 5.56 Å². The molecule has 0 atom stereocenters. The zero-order valence-corrected chi connectivity index (χ0v) is 15.4. The van der Waals surface area contributed by atoms with E-state index in [2.05, 4.69) is 20.4 Å². The number of rotatable bonds is 4. The summed E-state index contributed by atoms with van der Waals surface area (Å²) in [6, 6.07) is 19.2. The van der Waals surface area contributed by atoms with Crippen molar-refractivity contribution in [2.45, 2.75) is 19.8 Å². The molecule has 0 spiro atoms. The lowest BCUT2D eigenvalue weighted by Crippen LogP contribution is -2.19. The molecule has 1 N–H and O–H groups in total. The molecule has 1 aliphatic rings. The van der Waals surface area contributed by atoms with Crippen molar-refractivity contribution in [1.82, 2.24) is 10.2 Å². The van der Waals surface area contributed by atoms with Gasteiger partial charge < -0.3 is 10.2 Å². The third kappa shape index (κ3) is 3.97. The number of anilines is 2. The van der Waals surface area contributed by atoms with Gasteiger partial charge in [-0.15, -0.1) is 10.2 Å². The summed E-state index contributed by atoms with van der Waals surface area (Å²) in [6.07, 6.45) is 2.43. The number of hydrogen-bond donors (Lipinski definition) is 1. The molecule has 1 saturated heterocycles. The highest BCUT2D eigenvalue weighted by Crippen LogP contribution is 2.23. The predicted octanol–water partition coefficient (Wildman–Crippen LogP) is 4.30. The minimum Gasteiger partial charge on any atom is -0.355 e. The standard InChI is InChI=1S/C22H22N4O/c1-16-6-4-8-18(14-16)22(27)23-19-9-5-7-17(15-19)20-10-11-21(25-24-20)26-12-2-3-13-26/h4-11,14-15H,2-3,12-13H2,1H3,(H,23,27). The molecular formula is C22H22N4O. The van der Waals surface area contributed by atoms with E-state index in [1.807, 2.05) is 67.6 Å². The molecule has 5 heteroatoms. The largest absolute Gasteiger partial charge is 0.355 e. The molecule has 0 unspecified atom stereocenters. The summed E-state index contributed by atoms with van der Waals surface area (Å²) in [4.78, 5) is 14.7. The molecule has 1 aromatic heterocycles. The highest BCUT2D eigenvalue weighted by atomic mass is 16.1. The molecule has 3 aromatic rings. The molecule has 1 amide bonds. The van der Waals surface area contributed by atoms with Gasteiger partial charge in [0.2, 0.25) is 0 Å². The molecule has 1 fully saturated rings. The van der Waals surface area contributed by atoms with E-state index in [-0.39, 0.29) is 5.91 Å². The van der Waals surface area contributed by atoms with Gasteiger partial charge in [0.25, 0.3) is 5.91 Å². The van der Waals surface area contributed by atoms with Crippen molar-refractivity contribution < 1.29 is 4.79 Å². The zero-order chi connectivity index (χ0) is 18.6. The van der Waals surface area contributed by atoms with Gasteiger partial charge in [-0.3, -0.25) is 4.79 Å². The highest BCUT2D eigenvalue weighted by Gasteiger charge is 2.14. The van der Waals surface area contributed by atoms with Crippen molar-refractivity contribution >= 4 is 17.4 Å². The summed E-state index contributed by atoms with van der Waals surface area (Å²) in [5, 5.41) is 11.7. The van der Waals surface area contributed by atoms with Gasteiger partial charge in [-0.25, -0.2) is 0 Å². The summed E-state index contributed by atoms with van der Waals surface area (Å²) in [5.74, 6) is 0.812. The number of aromatic nitrogens is 2. The number of carbonyl (C=O) groups is 1. The lowest BCUT2D eigenvalue weighted by molar-refractivity contribution is 0.102. The van der Waals surface area contributed by atoms with Crippen molar-refractivity contribution in [3.8, 4) is 11.3 Å². The molecule has 0 saturated carbocycles. The van der Waals surface area contributed by atoms with Crippen LogP contribution in [0.15, 0.2) is 60.7 Å². The van der Waals surface area contributed by atoms with E-state index < -0.39 is 0 Å². The second kappa shape index (κ2) is 7.58. The molecule has 136 valence electrons. The summed E-state index contributed by atoms with van der Waals surface area (Å²) >= 11 is 0. The van der Waals surface area contributed by atoms with E-state index >= 15 is 0 Å². The summed E-state index contributed by atoms with van der Waals surface area (Å²) < 4.78 is 0. The van der Waals surface area contributed by atoms with E-state index in [1.165, 1.54) is 12.8 Å². The Labute approximate surface area is 159 Å². The van der Waals surface area contributed by atoms with E-state index in [9.17, 15) is 4.79 Å². The molecule has 4 rings (SSSR count). The normalized spacial score (nSPS) is 13.6. The Bertz CT molecular complexity index is 947. The van der Waals surface area contributed by atoms with Crippen molar-refractivity contribution in [1.29, 1.82) is 0 Å². The number of hydrogen-bond acceptors (Lipinski definition) is 4. The minimum atomic E-state index is -0.119. The molecule has 2 heterocycles. The summed E-state index contributed by atoms with van der Waals surface area (Å²) in [7, 11) is 0. The van der Waals surface area contributed by atoms with Crippen LogP contribution in [-0.2, 0) is 0 Å². The van der Waals surface area contributed by atoms with Crippen LogP contribution in [0.4, 0.5) is 11.5 Å². The number of carbonyl (C=O) groups excluding carboxylic acids is 1. The van der Waals surface area contributed by atoms with Crippen LogP contribution in [0.2, 0.25) is 0 Å². The first-order chi connectivity index (χ1) is 13.2. The number of amides is 1. The van der Waals surface area contributed by atoms with Gasteiger partial charge in [0.05, 0.1) is 5.69 Å². The van der Waals surface area contributed by atoms with Crippen molar-refractivity contribution in [3.63, 3.8) is 0 Å². The van der Waals surface area contributed by atoms with Gasteiger partial charge >= 0.3 is 0 Å². The van der Waals surface area contributed by atoms with Gasteiger partial charge in [-0.1, -0.05) is 29.8 Å². The molecule has 5 nitrogen and oxygen atoms in total. The van der Waals surface area contributed by atoms with Crippen molar-refractivity contribution in [3.05, 3.63) is 71.8 Å². The highest BCUT2D eigenvalue weighted by molar-refractivity contribution is 6.04. The van der Waals surface area contributed by atoms with Crippen LogP contribution in [0, 0.1) is 6.92 Å². The quantitative estimate of drug-likeness (QED) is 0.755. The maximum absolute atomic E-state index is 12.5. The van der Waals surface area contributed by atoms with E-state index in [4.69, 9.17) is 0 Å². The van der Waals surface area contributed by atoms with Crippen LogP contribution in [0.25, 0.3) is 11.3 Å². The Kier molecular flexibility index (Phi) is 4.83. The molecular weight excluding hydrogens is 336 g/mol. The fraction of sp³-hybridized carbons (Fsp3) is 0.227. The second-order valence-electron chi connectivity index (χ2n) is 6.88. The van der Waals surface area contributed by atoms with E-state index in [1.54, 1.807) is 0 Å². The first-order valence-electron chi connectivity index (χ1n) is 9.26. The first kappa shape index (κ1) is 17.2. The monoisotopic (exact) mass is 358 g/mol. The number of aryl methyl sites for hydroxylation is 1. The van der Waals surface area contributed by atoms with Gasteiger partial charge in [-0.2, -0.15) is 0 Å². The molecule has 2 aromatic carbocycles. The van der Waals surface area contributed by atoms with Crippen LogP contribution in [-0.4, -0.2) is 29.2 Å². The number of nitrogens with zero attached hydrogens (tertiary/aromatic N) is 3. The minimum absolute atomic E-state index is 0.119. The average molecular weight is 358 g/mol. The molecule has 0 aliphatic carbocycles. The van der Waals surface area contributed by atoms with Crippen LogP contribution in [0.5, 0.6) is 0 Å². The Balaban J connectivity index is 1.51. The Hall–Kier alpha value is -3.21. The fourth-order valence-corrected chi connectivity index (χ4v) is 3.34. The summed E-state index contributed by atoms with van der Waals surface area (Å²) in [6.45, 7) is 4.07. The smallest absolute Gasteiger partial charge is 0.255 e. The lowest BCUT2D eigenvalue weighted by atomic mass is 10.1. The Morgan fingerprint density at radius 2 is 1.78 bits per heavy atom. The third-order valence-electron chi connectivity index (χ3n) is 4.78. The van der Waals surface area contributed by atoms with Gasteiger partial charge in [-0.05, 0) is 56.2 Å². The maximum Gasteiger partial charge on any atom is 0.255 e. The Morgan fingerprint density at radius 1 is 0.963 bits per heavy atom. The lowest BCUT2D eigenvalue weighted by Gasteiger charge is -2.15. The predicted molar refractivity (Wildman–Crippen MR) is 108 cm³/mol. The molecule has 27 heavy (non-hydrogen) atoms.